The second-order valence-electron chi connectivity index (χ2n) is 7.04. The van der Waals surface area contributed by atoms with Crippen LogP contribution in [0.5, 0.6) is 5.75 Å². The van der Waals surface area contributed by atoms with Gasteiger partial charge in [0.15, 0.2) is 0 Å². The average Bonchev–Trinajstić information content (AvgIpc) is 3.26. The van der Waals surface area contributed by atoms with Crippen molar-refractivity contribution in [1.82, 2.24) is 10.2 Å². The fourth-order valence-corrected chi connectivity index (χ4v) is 4.07. The number of para-hydroxylation sites is 1. The van der Waals surface area contributed by atoms with E-state index >= 15 is 0 Å². The molecule has 1 amide bonds. The molecule has 0 bridgehead atoms. The van der Waals surface area contributed by atoms with Crippen molar-refractivity contribution in [2.45, 2.75) is 18.8 Å². The molecule has 1 aromatic heterocycles. The zero-order chi connectivity index (χ0) is 21.3. The van der Waals surface area contributed by atoms with Gasteiger partial charge < -0.3 is 10.1 Å². The van der Waals surface area contributed by atoms with Gasteiger partial charge in [-0.1, -0.05) is 90.2 Å². The first kappa shape index (κ1) is 20.8. The topological polar surface area (TPSA) is 64.1 Å². The van der Waals surface area contributed by atoms with Crippen LogP contribution >= 0.6 is 11.3 Å². The molecule has 3 aromatic carbocycles. The molecule has 0 unspecified atom stereocenters. The summed E-state index contributed by atoms with van der Waals surface area (Å²) in [5.74, 6) is 0.725. The number of carbonyl (C=O) groups excluding carboxylic acids is 1. The van der Waals surface area contributed by atoms with Crippen LogP contribution in [0.2, 0.25) is 0 Å². The first-order valence-corrected chi connectivity index (χ1v) is 11.0. The number of hydrogen-bond donors (Lipinski definition) is 1. The van der Waals surface area contributed by atoms with Crippen molar-refractivity contribution in [1.29, 1.82) is 0 Å². The number of rotatable bonds is 9. The normalized spacial score (nSPS) is 10.7. The van der Waals surface area contributed by atoms with E-state index < -0.39 is 0 Å². The Morgan fingerprint density at radius 1 is 0.839 bits per heavy atom. The molecule has 0 saturated heterocycles. The molecule has 0 fully saturated rings. The summed E-state index contributed by atoms with van der Waals surface area (Å²) in [5.41, 5.74) is 2.22. The number of aromatic nitrogens is 2. The van der Waals surface area contributed by atoms with E-state index in [0.717, 1.165) is 21.9 Å². The molecule has 1 N–H and O–H groups in total. The van der Waals surface area contributed by atoms with E-state index in [2.05, 4.69) is 39.8 Å². The Labute approximate surface area is 185 Å². The first-order chi connectivity index (χ1) is 15.3. The number of nitrogens with one attached hydrogen (secondary N) is 1. The Morgan fingerprint density at radius 2 is 1.42 bits per heavy atom. The Kier molecular flexibility index (Phi) is 7.03. The van der Waals surface area contributed by atoms with Crippen molar-refractivity contribution in [3.05, 3.63) is 107 Å². The Bertz CT molecular complexity index is 1050. The monoisotopic (exact) mass is 429 g/mol. The maximum atomic E-state index is 12.8. The summed E-state index contributed by atoms with van der Waals surface area (Å²) < 4.78 is 5.70. The predicted molar refractivity (Wildman–Crippen MR) is 124 cm³/mol. The third-order valence-electron chi connectivity index (χ3n) is 4.83. The minimum absolute atomic E-state index is 0.0194. The highest BCUT2D eigenvalue weighted by Gasteiger charge is 2.19. The lowest BCUT2D eigenvalue weighted by Gasteiger charge is -2.17. The average molecular weight is 430 g/mol. The highest BCUT2D eigenvalue weighted by Crippen LogP contribution is 2.28. The van der Waals surface area contributed by atoms with Crippen LogP contribution in [0.1, 0.15) is 28.5 Å². The lowest BCUT2D eigenvalue weighted by atomic mass is 9.88. The molecule has 0 aliphatic carbocycles. The Morgan fingerprint density at radius 3 is 2.03 bits per heavy atom. The van der Waals surface area contributed by atoms with Gasteiger partial charge in [-0.15, -0.1) is 10.2 Å². The summed E-state index contributed by atoms with van der Waals surface area (Å²) in [6.07, 6.45) is 0.971. The largest absolute Gasteiger partial charge is 0.493 e. The molecule has 0 radical (unpaired) electrons. The quantitative estimate of drug-likeness (QED) is 0.391. The minimum Gasteiger partial charge on any atom is -0.493 e. The fraction of sp³-hybridized carbons (Fsp3) is 0.160. The third kappa shape index (κ3) is 5.99. The van der Waals surface area contributed by atoms with Crippen molar-refractivity contribution in [2.75, 3.05) is 11.9 Å². The number of amides is 1. The van der Waals surface area contributed by atoms with Gasteiger partial charge in [0.25, 0.3) is 0 Å². The summed E-state index contributed by atoms with van der Waals surface area (Å²) in [6.45, 7) is 0.511. The second-order valence-corrected chi connectivity index (χ2v) is 8.10. The van der Waals surface area contributed by atoms with Crippen LogP contribution in [-0.2, 0) is 11.2 Å². The van der Waals surface area contributed by atoms with Crippen LogP contribution in [0.15, 0.2) is 91.0 Å². The summed E-state index contributed by atoms with van der Waals surface area (Å²) in [6, 6.07) is 29.8. The number of hydrogen-bond acceptors (Lipinski definition) is 5. The van der Waals surface area contributed by atoms with E-state index in [1.807, 2.05) is 66.7 Å². The van der Waals surface area contributed by atoms with Gasteiger partial charge in [-0.3, -0.25) is 4.79 Å². The van der Waals surface area contributed by atoms with Gasteiger partial charge >= 0.3 is 0 Å². The standard InChI is InChI=1S/C25H23N3O2S/c29-23(18-22(19-10-4-1-5-11-19)20-12-6-2-7-13-20)26-25-28-27-24(31-25)16-17-30-21-14-8-3-9-15-21/h1-15,22H,16-18H2,(H,26,28,29). The second kappa shape index (κ2) is 10.5. The lowest BCUT2D eigenvalue weighted by Crippen LogP contribution is -2.16. The van der Waals surface area contributed by atoms with Crippen LogP contribution in [0.4, 0.5) is 5.13 Å². The molecular formula is C25H23N3O2S. The van der Waals surface area contributed by atoms with Gasteiger partial charge in [0.1, 0.15) is 10.8 Å². The van der Waals surface area contributed by atoms with Gasteiger partial charge in [0, 0.05) is 18.8 Å². The fourth-order valence-electron chi connectivity index (χ4n) is 3.33. The van der Waals surface area contributed by atoms with Crippen molar-refractivity contribution >= 4 is 22.4 Å². The molecule has 5 nitrogen and oxygen atoms in total. The van der Waals surface area contributed by atoms with E-state index in [-0.39, 0.29) is 11.8 Å². The molecule has 31 heavy (non-hydrogen) atoms. The zero-order valence-electron chi connectivity index (χ0n) is 17.0. The van der Waals surface area contributed by atoms with Gasteiger partial charge in [0.2, 0.25) is 11.0 Å². The molecule has 0 aliphatic rings. The number of anilines is 1. The van der Waals surface area contributed by atoms with Gasteiger partial charge in [-0.2, -0.15) is 0 Å². The minimum atomic E-state index is -0.0825. The number of nitrogens with zero attached hydrogens (tertiary/aromatic N) is 2. The number of carbonyl (C=O) groups is 1. The van der Waals surface area contributed by atoms with Crippen molar-refractivity contribution < 1.29 is 9.53 Å². The van der Waals surface area contributed by atoms with Crippen molar-refractivity contribution in [3.63, 3.8) is 0 Å². The molecule has 0 saturated carbocycles. The van der Waals surface area contributed by atoms with Crippen molar-refractivity contribution in [3.8, 4) is 5.75 Å². The zero-order valence-corrected chi connectivity index (χ0v) is 17.8. The highest BCUT2D eigenvalue weighted by molar-refractivity contribution is 7.15. The molecule has 0 spiro atoms. The number of benzene rings is 3. The van der Waals surface area contributed by atoms with Crippen LogP contribution in [0, 0.1) is 0 Å². The Balaban J connectivity index is 1.35. The van der Waals surface area contributed by atoms with Crippen LogP contribution in [0.3, 0.4) is 0 Å². The van der Waals surface area contributed by atoms with Crippen LogP contribution in [-0.4, -0.2) is 22.7 Å². The molecule has 0 atom stereocenters. The van der Waals surface area contributed by atoms with Crippen LogP contribution in [0.25, 0.3) is 0 Å². The number of ether oxygens (including phenoxy) is 1. The van der Waals surface area contributed by atoms with Gasteiger partial charge in [-0.05, 0) is 23.3 Å². The molecule has 6 heteroatoms. The smallest absolute Gasteiger partial charge is 0.227 e. The molecule has 1 heterocycles. The van der Waals surface area contributed by atoms with Gasteiger partial charge in [0.05, 0.1) is 6.61 Å². The Hall–Kier alpha value is -3.51. The maximum absolute atomic E-state index is 12.8. The van der Waals surface area contributed by atoms with E-state index in [9.17, 15) is 4.79 Å². The maximum Gasteiger partial charge on any atom is 0.227 e. The molecular weight excluding hydrogens is 406 g/mol. The predicted octanol–water partition coefficient (Wildman–Crippen LogP) is 5.32. The SMILES string of the molecule is O=C(CC(c1ccccc1)c1ccccc1)Nc1nnc(CCOc2ccccc2)s1. The van der Waals surface area contributed by atoms with E-state index in [1.165, 1.54) is 11.3 Å². The molecule has 0 aliphatic heterocycles. The highest BCUT2D eigenvalue weighted by atomic mass is 32.1. The van der Waals surface area contributed by atoms with Crippen LogP contribution < -0.4 is 10.1 Å². The summed E-state index contributed by atoms with van der Waals surface area (Å²) in [7, 11) is 0. The first-order valence-electron chi connectivity index (χ1n) is 10.2. The molecule has 4 rings (SSSR count). The summed E-state index contributed by atoms with van der Waals surface area (Å²) >= 11 is 1.38. The van der Waals surface area contributed by atoms with Gasteiger partial charge in [-0.25, -0.2) is 0 Å². The van der Waals surface area contributed by atoms with E-state index in [1.54, 1.807) is 0 Å². The third-order valence-corrected chi connectivity index (χ3v) is 5.73. The van der Waals surface area contributed by atoms with Crippen molar-refractivity contribution in [2.24, 2.45) is 0 Å². The summed E-state index contributed by atoms with van der Waals surface area (Å²) in [4.78, 5) is 12.8. The molecule has 4 aromatic rings. The van der Waals surface area contributed by atoms with E-state index in [4.69, 9.17) is 4.74 Å². The lowest BCUT2D eigenvalue weighted by molar-refractivity contribution is -0.116. The van der Waals surface area contributed by atoms with E-state index in [0.29, 0.717) is 24.6 Å². The summed E-state index contributed by atoms with van der Waals surface area (Å²) in [5, 5.41) is 12.5. The molecule has 156 valence electrons.